The normalized spacial score (nSPS) is 13.1. The van der Waals surface area contributed by atoms with Crippen molar-refractivity contribution in [1.82, 2.24) is 0 Å². The summed E-state index contributed by atoms with van der Waals surface area (Å²) in [5, 5.41) is 7.14. The minimum absolute atomic E-state index is 0.146. The average Bonchev–Trinajstić information content (AvgIpc) is 3.73. The van der Waals surface area contributed by atoms with Crippen molar-refractivity contribution in [3.63, 3.8) is 0 Å². The zero-order valence-electron chi connectivity index (χ0n) is 30.8. The van der Waals surface area contributed by atoms with Gasteiger partial charge in [0.2, 0.25) is 0 Å². The SMILES string of the molecule is CC1(C)c2ccccc2-c2ccc(N(c3ccc(-c4ccccc4)cc3)c3ccc4oc5ccccc5c4c3-c3cc4ccccc4c4ccccc34)cc21. The van der Waals surface area contributed by atoms with E-state index in [2.05, 4.69) is 207 Å². The molecule has 0 N–H and O–H groups in total. The van der Waals surface area contributed by atoms with Crippen LogP contribution in [-0.4, -0.2) is 0 Å². The van der Waals surface area contributed by atoms with E-state index in [4.69, 9.17) is 4.42 Å². The van der Waals surface area contributed by atoms with Gasteiger partial charge in [0.25, 0.3) is 0 Å². The molecule has 55 heavy (non-hydrogen) atoms. The highest BCUT2D eigenvalue weighted by atomic mass is 16.3. The Morgan fingerprint density at radius 1 is 0.418 bits per heavy atom. The van der Waals surface area contributed by atoms with Crippen LogP contribution in [0.3, 0.4) is 0 Å². The minimum Gasteiger partial charge on any atom is -0.456 e. The van der Waals surface area contributed by atoms with E-state index in [0.717, 1.165) is 44.6 Å². The molecule has 1 heterocycles. The van der Waals surface area contributed by atoms with Crippen molar-refractivity contribution in [2.75, 3.05) is 4.90 Å². The molecule has 11 rings (SSSR count). The lowest BCUT2D eigenvalue weighted by molar-refractivity contribution is 0.660. The van der Waals surface area contributed by atoms with Crippen LogP contribution in [0.25, 0.3) is 76.9 Å². The Morgan fingerprint density at radius 3 is 1.89 bits per heavy atom. The van der Waals surface area contributed by atoms with Gasteiger partial charge in [-0.1, -0.05) is 153 Å². The molecule has 260 valence electrons. The molecular weight excluding hydrogens is 667 g/mol. The van der Waals surface area contributed by atoms with Crippen LogP contribution in [0.1, 0.15) is 25.0 Å². The van der Waals surface area contributed by atoms with Crippen LogP contribution >= 0.6 is 0 Å². The standard InChI is InChI=1S/C53H37NO/c1-53(2)46-22-12-10-20-42(46)43-29-28-38(33-47(43)53)54(37-26-24-35(25-27-37)34-14-4-3-5-15-34)48-30-31-50-52(44-21-11-13-23-49(44)55-50)51(48)45-32-36-16-6-7-17-39(36)40-18-8-9-19-41(40)45/h3-33H,1-2H3. The van der Waals surface area contributed by atoms with Crippen molar-refractivity contribution in [3.8, 4) is 33.4 Å². The molecule has 1 aromatic heterocycles. The molecule has 0 saturated heterocycles. The van der Waals surface area contributed by atoms with Gasteiger partial charge < -0.3 is 9.32 Å². The first-order valence-corrected chi connectivity index (χ1v) is 19.1. The highest BCUT2D eigenvalue weighted by molar-refractivity contribution is 6.22. The van der Waals surface area contributed by atoms with Gasteiger partial charge in [-0.15, -0.1) is 0 Å². The number of fused-ring (bicyclic) bond motifs is 9. The number of nitrogens with zero attached hydrogens (tertiary/aromatic N) is 1. The molecule has 0 bridgehead atoms. The van der Waals surface area contributed by atoms with Crippen LogP contribution in [0.15, 0.2) is 192 Å². The summed E-state index contributed by atoms with van der Waals surface area (Å²) >= 11 is 0. The highest BCUT2D eigenvalue weighted by Gasteiger charge is 2.36. The Bertz CT molecular complexity index is 3110. The number of furan rings is 1. The summed E-state index contributed by atoms with van der Waals surface area (Å²) in [6.45, 7) is 4.72. The van der Waals surface area contributed by atoms with Gasteiger partial charge in [-0.2, -0.15) is 0 Å². The van der Waals surface area contributed by atoms with E-state index in [-0.39, 0.29) is 5.41 Å². The molecule has 0 saturated carbocycles. The lowest BCUT2D eigenvalue weighted by Crippen LogP contribution is -2.17. The van der Waals surface area contributed by atoms with Gasteiger partial charge >= 0.3 is 0 Å². The van der Waals surface area contributed by atoms with Crippen LogP contribution in [0.4, 0.5) is 17.1 Å². The first-order chi connectivity index (χ1) is 27.0. The topological polar surface area (TPSA) is 16.4 Å². The number of hydrogen-bond acceptors (Lipinski definition) is 2. The van der Waals surface area contributed by atoms with Gasteiger partial charge in [0.05, 0.1) is 5.69 Å². The molecule has 9 aromatic carbocycles. The monoisotopic (exact) mass is 703 g/mol. The predicted molar refractivity (Wildman–Crippen MR) is 232 cm³/mol. The van der Waals surface area contributed by atoms with E-state index in [1.54, 1.807) is 0 Å². The molecule has 0 amide bonds. The lowest BCUT2D eigenvalue weighted by atomic mass is 9.82. The quantitative estimate of drug-likeness (QED) is 0.166. The molecule has 1 aliphatic rings. The first-order valence-electron chi connectivity index (χ1n) is 19.1. The van der Waals surface area contributed by atoms with Crippen molar-refractivity contribution in [2.24, 2.45) is 0 Å². The fourth-order valence-corrected chi connectivity index (χ4v) is 9.22. The van der Waals surface area contributed by atoms with Crippen LogP contribution in [0.5, 0.6) is 0 Å². The summed E-state index contributed by atoms with van der Waals surface area (Å²) in [6, 6.07) is 68.5. The van der Waals surface area contributed by atoms with E-state index < -0.39 is 0 Å². The Labute approximate surface area is 320 Å². The van der Waals surface area contributed by atoms with E-state index in [9.17, 15) is 0 Å². The fourth-order valence-electron chi connectivity index (χ4n) is 9.22. The lowest BCUT2D eigenvalue weighted by Gasteiger charge is -2.30. The average molecular weight is 704 g/mol. The Morgan fingerprint density at radius 2 is 1.05 bits per heavy atom. The van der Waals surface area contributed by atoms with Gasteiger partial charge in [-0.25, -0.2) is 0 Å². The van der Waals surface area contributed by atoms with E-state index in [1.807, 2.05) is 0 Å². The molecule has 0 aliphatic heterocycles. The molecule has 2 heteroatoms. The third-order valence-electron chi connectivity index (χ3n) is 11.9. The second-order valence-corrected chi connectivity index (χ2v) is 15.3. The maximum atomic E-state index is 6.63. The molecule has 0 radical (unpaired) electrons. The molecule has 0 fully saturated rings. The predicted octanol–water partition coefficient (Wildman–Crippen LogP) is 15.0. The summed E-state index contributed by atoms with van der Waals surface area (Å²) < 4.78 is 6.63. The van der Waals surface area contributed by atoms with Gasteiger partial charge in [0.1, 0.15) is 11.2 Å². The van der Waals surface area contributed by atoms with E-state index >= 15 is 0 Å². The molecule has 1 aliphatic carbocycles. The van der Waals surface area contributed by atoms with Crippen LogP contribution in [-0.2, 0) is 5.41 Å². The second kappa shape index (κ2) is 12.1. The van der Waals surface area contributed by atoms with Crippen molar-refractivity contribution >= 4 is 60.5 Å². The Balaban J connectivity index is 1.24. The maximum absolute atomic E-state index is 6.63. The number of rotatable bonds is 5. The molecular formula is C53H37NO. The second-order valence-electron chi connectivity index (χ2n) is 15.3. The smallest absolute Gasteiger partial charge is 0.136 e. The number of hydrogen-bond donors (Lipinski definition) is 0. The minimum atomic E-state index is -0.146. The van der Waals surface area contributed by atoms with Crippen molar-refractivity contribution in [1.29, 1.82) is 0 Å². The maximum Gasteiger partial charge on any atom is 0.136 e. The first kappa shape index (κ1) is 31.6. The Kier molecular flexibility index (Phi) is 6.93. The molecule has 0 spiro atoms. The third kappa shape index (κ3) is 4.81. The van der Waals surface area contributed by atoms with Gasteiger partial charge in [0.15, 0.2) is 0 Å². The number of benzene rings is 9. The largest absolute Gasteiger partial charge is 0.456 e. The molecule has 10 aromatic rings. The van der Waals surface area contributed by atoms with E-state index in [1.165, 1.54) is 60.5 Å². The van der Waals surface area contributed by atoms with Crippen LogP contribution in [0, 0.1) is 0 Å². The summed E-state index contributed by atoms with van der Waals surface area (Å²) in [6.07, 6.45) is 0. The van der Waals surface area contributed by atoms with Gasteiger partial charge in [-0.3, -0.25) is 0 Å². The van der Waals surface area contributed by atoms with Crippen molar-refractivity contribution < 1.29 is 4.42 Å². The van der Waals surface area contributed by atoms with Crippen LogP contribution < -0.4 is 4.90 Å². The third-order valence-corrected chi connectivity index (χ3v) is 11.9. The molecule has 0 unspecified atom stereocenters. The summed E-state index contributed by atoms with van der Waals surface area (Å²) in [7, 11) is 0. The number of para-hydroxylation sites is 1. The fraction of sp³-hybridized carbons (Fsp3) is 0.0566. The van der Waals surface area contributed by atoms with Gasteiger partial charge in [0, 0.05) is 33.1 Å². The summed E-state index contributed by atoms with van der Waals surface area (Å²) in [5.41, 5.74) is 15.0. The van der Waals surface area contributed by atoms with Crippen LogP contribution in [0.2, 0.25) is 0 Å². The molecule has 2 nitrogen and oxygen atoms in total. The number of anilines is 3. The zero-order valence-corrected chi connectivity index (χ0v) is 30.8. The summed E-state index contributed by atoms with van der Waals surface area (Å²) in [5.74, 6) is 0. The van der Waals surface area contributed by atoms with E-state index in [0.29, 0.717) is 0 Å². The zero-order chi connectivity index (χ0) is 36.7. The van der Waals surface area contributed by atoms with Crippen molar-refractivity contribution in [2.45, 2.75) is 19.3 Å². The summed E-state index contributed by atoms with van der Waals surface area (Å²) in [4.78, 5) is 2.47. The Hall–Kier alpha value is -6.90. The van der Waals surface area contributed by atoms with Gasteiger partial charge in [-0.05, 0) is 109 Å². The molecule has 0 atom stereocenters. The van der Waals surface area contributed by atoms with Crippen molar-refractivity contribution in [3.05, 3.63) is 199 Å². The highest BCUT2D eigenvalue weighted by Crippen LogP contribution is 2.53.